The van der Waals surface area contributed by atoms with Crippen LogP contribution in [0.2, 0.25) is 5.02 Å². The molecule has 0 aromatic heterocycles. The van der Waals surface area contributed by atoms with Crippen molar-refractivity contribution < 1.29 is 9.59 Å². The molecule has 0 bridgehead atoms. The van der Waals surface area contributed by atoms with E-state index in [4.69, 9.17) is 11.6 Å². The Balaban J connectivity index is 2.04. The summed E-state index contributed by atoms with van der Waals surface area (Å²) in [5.41, 5.74) is 1.46. The molecular weight excluding hydrogens is 252 g/mol. The van der Waals surface area contributed by atoms with Gasteiger partial charge >= 0.3 is 11.8 Å². The zero-order valence-electron chi connectivity index (χ0n) is 10.2. The molecule has 1 aromatic carbocycles. The van der Waals surface area contributed by atoms with Crippen LogP contribution in [0.3, 0.4) is 0 Å². The number of anilines is 1. The first-order valence-electron chi connectivity index (χ1n) is 5.94. The van der Waals surface area contributed by atoms with Crippen molar-refractivity contribution >= 4 is 29.1 Å². The van der Waals surface area contributed by atoms with Gasteiger partial charge in [0, 0.05) is 23.8 Å². The number of nitrogens with zero attached hydrogens (tertiary/aromatic N) is 1. The largest absolute Gasteiger partial charge is 0.334 e. The molecule has 1 heterocycles. The van der Waals surface area contributed by atoms with Gasteiger partial charge in [0.25, 0.3) is 0 Å². The summed E-state index contributed by atoms with van der Waals surface area (Å²) in [6.45, 7) is 3.18. The van der Waals surface area contributed by atoms with E-state index in [-0.39, 0.29) is 0 Å². The number of hydrogen-bond acceptors (Lipinski definition) is 2. The number of likely N-dealkylation sites (tertiary alicyclic amines) is 1. The smallest absolute Gasteiger partial charge is 0.313 e. The number of halogens is 1. The van der Waals surface area contributed by atoms with Gasteiger partial charge < -0.3 is 10.2 Å². The first-order valence-corrected chi connectivity index (χ1v) is 6.32. The minimum atomic E-state index is -0.581. The summed E-state index contributed by atoms with van der Waals surface area (Å²) in [6, 6.07) is 5.13. The van der Waals surface area contributed by atoms with Gasteiger partial charge in [-0.25, -0.2) is 0 Å². The van der Waals surface area contributed by atoms with E-state index < -0.39 is 11.8 Å². The maximum atomic E-state index is 11.8. The molecule has 0 saturated carbocycles. The van der Waals surface area contributed by atoms with Crippen LogP contribution in [-0.4, -0.2) is 29.8 Å². The van der Waals surface area contributed by atoms with Crippen molar-refractivity contribution in [3.05, 3.63) is 28.8 Å². The Morgan fingerprint density at radius 2 is 1.94 bits per heavy atom. The summed E-state index contributed by atoms with van der Waals surface area (Å²) in [7, 11) is 0. The lowest BCUT2D eigenvalue weighted by Gasteiger charge is -2.15. The van der Waals surface area contributed by atoms with Crippen LogP contribution in [0.15, 0.2) is 18.2 Å². The van der Waals surface area contributed by atoms with Crippen LogP contribution in [0.25, 0.3) is 0 Å². The highest BCUT2D eigenvalue weighted by atomic mass is 35.5. The molecule has 2 rings (SSSR count). The Bertz CT molecular complexity index is 482. The Morgan fingerprint density at radius 1 is 1.28 bits per heavy atom. The van der Waals surface area contributed by atoms with Gasteiger partial charge in [-0.15, -0.1) is 0 Å². The van der Waals surface area contributed by atoms with E-state index in [1.165, 1.54) is 0 Å². The fourth-order valence-electron chi connectivity index (χ4n) is 2.01. The minimum Gasteiger partial charge on any atom is -0.334 e. The fourth-order valence-corrected chi connectivity index (χ4v) is 2.23. The molecule has 1 aromatic rings. The minimum absolute atomic E-state index is 0.457. The van der Waals surface area contributed by atoms with Gasteiger partial charge in [0.05, 0.1) is 0 Å². The highest BCUT2D eigenvalue weighted by Crippen LogP contribution is 2.19. The zero-order chi connectivity index (χ0) is 13.1. The SMILES string of the molecule is Cc1cc(Cl)ccc1NC(=O)C(=O)N1CCCC1. The summed E-state index contributed by atoms with van der Waals surface area (Å²) in [6.07, 6.45) is 1.94. The molecule has 0 unspecified atom stereocenters. The van der Waals surface area contributed by atoms with E-state index in [0.717, 1.165) is 18.4 Å². The van der Waals surface area contributed by atoms with E-state index in [1.54, 1.807) is 23.1 Å². The number of amides is 2. The average molecular weight is 267 g/mol. The lowest BCUT2D eigenvalue weighted by molar-refractivity contribution is -0.142. The third-order valence-corrected chi connectivity index (χ3v) is 3.26. The lowest BCUT2D eigenvalue weighted by Crippen LogP contribution is -2.37. The molecule has 0 aliphatic carbocycles. The quantitative estimate of drug-likeness (QED) is 0.793. The molecular formula is C13H15ClN2O2. The van der Waals surface area contributed by atoms with E-state index in [1.807, 2.05) is 6.92 Å². The molecule has 0 spiro atoms. The molecule has 0 atom stereocenters. The highest BCUT2D eigenvalue weighted by molar-refractivity contribution is 6.39. The lowest BCUT2D eigenvalue weighted by atomic mass is 10.2. The van der Waals surface area contributed by atoms with Crippen molar-refractivity contribution in [2.24, 2.45) is 0 Å². The second kappa shape index (κ2) is 5.40. The normalized spacial score (nSPS) is 14.7. The summed E-state index contributed by atoms with van der Waals surface area (Å²) in [5, 5.41) is 3.23. The van der Waals surface area contributed by atoms with Crippen LogP contribution in [0.5, 0.6) is 0 Å². The molecule has 1 N–H and O–H groups in total. The van der Waals surface area contributed by atoms with Gasteiger partial charge in [0.2, 0.25) is 0 Å². The van der Waals surface area contributed by atoms with Gasteiger partial charge in [-0.3, -0.25) is 9.59 Å². The van der Waals surface area contributed by atoms with Crippen LogP contribution >= 0.6 is 11.6 Å². The van der Waals surface area contributed by atoms with Gasteiger partial charge in [0.15, 0.2) is 0 Å². The summed E-state index contributed by atoms with van der Waals surface area (Å²) in [5.74, 6) is -1.04. The monoisotopic (exact) mass is 266 g/mol. The van der Waals surface area contributed by atoms with Crippen molar-refractivity contribution in [3.63, 3.8) is 0 Å². The van der Waals surface area contributed by atoms with Crippen molar-refractivity contribution in [1.82, 2.24) is 4.90 Å². The highest BCUT2D eigenvalue weighted by Gasteiger charge is 2.24. The van der Waals surface area contributed by atoms with E-state index in [9.17, 15) is 9.59 Å². The van der Waals surface area contributed by atoms with Crippen LogP contribution in [0.1, 0.15) is 18.4 Å². The Labute approximate surface area is 111 Å². The first kappa shape index (κ1) is 12.9. The molecule has 1 saturated heterocycles. The third kappa shape index (κ3) is 2.82. The summed E-state index contributed by atoms with van der Waals surface area (Å²) >= 11 is 5.83. The van der Waals surface area contributed by atoms with Crippen LogP contribution in [0, 0.1) is 6.92 Å². The number of carbonyl (C=O) groups excluding carboxylic acids is 2. The maximum Gasteiger partial charge on any atom is 0.313 e. The van der Waals surface area contributed by atoms with Crippen molar-refractivity contribution in [2.75, 3.05) is 18.4 Å². The zero-order valence-corrected chi connectivity index (χ0v) is 11.0. The Morgan fingerprint density at radius 3 is 2.56 bits per heavy atom. The Hall–Kier alpha value is -1.55. The van der Waals surface area contributed by atoms with Crippen LogP contribution < -0.4 is 5.32 Å². The molecule has 5 heteroatoms. The van der Waals surface area contributed by atoms with E-state index in [0.29, 0.717) is 23.8 Å². The average Bonchev–Trinajstić information content (AvgIpc) is 2.85. The van der Waals surface area contributed by atoms with Crippen molar-refractivity contribution in [3.8, 4) is 0 Å². The molecule has 1 fully saturated rings. The second-order valence-electron chi connectivity index (χ2n) is 4.41. The molecule has 96 valence electrons. The molecule has 4 nitrogen and oxygen atoms in total. The first-order chi connectivity index (χ1) is 8.58. The third-order valence-electron chi connectivity index (χ3n) is 3.02. The summed E-state index contributed by atoms with van der Waals surface area (Å²) < 4.78 is 0. The number of rotatable bonds is 1. The van der Waals surface area contributed by atoms with Crippen LogP contribution in [0.4, 0.5) is 5.69 Å². The van der Waals surface area contributed by atoms with E-state index in [2.05, 4.69) is 5.32 Å². The fraction of sp³-hybridized carbons (Fsp3) is 0.385. The standard InChI is InChI=1S/C13H15ClN2O2/c1-9-8-10(14)4-5-11(9)15-12(17)13(18)16-6-2-3-7-16/h4-5,8H,2-3,6-7H2,1H3,(H,15,17). The van der Waals surface area contributed by atoms with Crippen LogP contribution in [-0.2, 0) is 9.59 Å². The predicted octanol–water partition coefficient (Wildman–Crippen LogP) is 2.21. The molecule has 18 heavy (non-hydrogen) atoms. The number of carbonyl (C=O) groups is 2. The molecule has 2 amide bonds. The number of nitrogens with one attached hydrogen (secondary N) is 1. The molecule has 1 aliphatic rings. The van der Waals surface area contributed by atoms with Crippen molar-refractivity contribution in [1.29, 1.82) is 0 Å². The summed E-state index contributed by atoms with van der Waals surface area (Å²) in [4.78, 5) is 25.2. The number of hydrogen-bond donors (Lipinski definition) is 1. The van der Waals surface area contributed by atoms with Gasteiger partial charge in [-0.05, 0) is 43.5 Å². The topological polar surface area (TPSA) is 49.4 Å². The second-order valence-corrected chi connectivity index (χ2v) is 4.85. The molecule has 1 aliphatic heterocycles. The van der Waals surface area contributed by atoms with E-state index >= 15 is 0 Å². The van der Waals surface area contributed by atoms with Gasteiger partial charge in [0.1, 0.15) is 0 Å². The predicted molar refractivity (Wildman–Crippen MR) is 70.6 cm³/mol. The number of aryl methyl sites for hydroxylation is 1. The molecule has 0 radical (unpaired) electrons. The maximum absolute atomic E-state index is 11.8. The van der Waals surface area contributed by atoms with Gasteiger partial charge in [-0.2, -0.15) is 0 Å². The Kier molecular flexibility index (Phi) is 3.87. The van der Waals surface area contributed by atoms with Crippen molar-refractivity contribution in [2.45, 2.75) is 19.8 Å². The van der Waals surface area contributed by atoms with Gasteiger partial charge in [-0.1, -0.05) is 11.6 Å². The number of benzene rings is 1.